The molecule has 1 fully saturated rings. The van der Waals surface area contributed by atoms with Gasteiger partial charge < -0.3 is 14.4 Å². The molecule has 22 heavy (non-hydrogen) atoms. The van der Waals surface area contributed by atoms with Crippen molar-refractivity contribution in [3.8, 4) is 0 Å². The number of halogens is 1. The highest BCUT2D eigenvalue weighted by Crippen LogP contribution is 2.25. The first-order valence-corrected chi connectivity index (χ1v) is 7.63. The molecule has 1 aliphatic rings. The van der Waals surface area contributed by atoms with Crippen molar-refractivity contribution in [3.05, 3.63) is 47.0 Å². The van der Waals surface area contributed by atoms with E-state index in [1.165, 1.54) is 0 Å². The number of β-amino-alcohol motifs (C(OH)–C–C–N with tert-alkyl or cyclic N) is 1. The SMILES string of the molecule is Cn1cnnc1[C@@H]1CN(C[C@@H](O)c2ccccc2Cl)CCO1. The number of nitrogens with zero attached hydrogens (tertiary/aromatic N) is 4. The predicted molar refractivity (Wildman–Crippen MR) is 82.5 cm³/mol. The standard InChI is InChI=1S/C15H19ClN4O2/c1-19-10-17-18-15(19)14-9-20(6-7-22-14)8-13(21)11-4-2-3-5-12(11)16/h2-5,10,13-14,21H,6-9H2,1H3/t13-,14+/m1/s1. The second-order valence-electron chi connectivity index (χ2n) is 5.46. The third-order valence-corrected chi connectivity index (χ3v) is 4.22. The number of morpholine rings is 1. The molecule has 0 amide bonds. The van der Waals surface area contributed by atoms with Crippen molar-refractivity contribution in [2.24, 2.45) is 7.05 Å². The van der Waals surface area contributed by atoms with Crippen LogP contribution in [0.15, 0.2) is 30.6 Å². The van der Waals surface area contributed by atoms with Crippen LogP contribution in [0.1, 0.15) is 23.6 Å². The summed E-state index contributed by atoms with van der Waals surface area (Å²) in [6.45, 7) is 2.57. The zero-order valence-corrected chi connectivity index (χ0v) is 13.1. The third-order valence-electron chi connectivity index (χ3n) is 3.88. The van der Waals surface area contributed by atoms with E-state index >= 15 is 0 Å². The first kappa shape index (κ1) is 15.4. The van der Waals surface area contributed by atoms with Crippen molar-refractivity contribution >= 4 is 11.6 Å². The average Bonchev–Trinajstić information content (AvgIpc) is 2.94. The van der Waals surface area contributed by atoms with Crippen molar-refractivity contribution < 1.29 is 9.84 Å². The Morgan fingerprint density at radius 1 is 1.45 bits per heavy atom. The minimum atomic E-state index is -0.619. The lowest BCUT2D eigenvalue weighted by atomic mass is 10.1. The van der Waals surface area contributed by atoms with Gasteiger partial charge in [-0.25, -0.2) is 0 Å². The van der Waals surface area contributed by atoms with Gasteiger partial charge >= 0.3 is 0 Å². The molecule has 3 rings (SSSR count). The summed E-state index contributed by atoms with van der Waals surface area (Å²) in [5, 5.41) is 19.0. The molecule has 6 nitrogen and oxygen atoms in total. The van der Waals surface area contributed by atoms with Crippen LogP contribution in [0.2, 0.25) is 5.02 Å². The molecule has 1 saturated heterocycles. The van der Waals surface area contributed by atoms with E-state index in [0.29, 0.717) is 24.7 Å². The maximum absolute atomic E-state index is 10.4. The van der Waals surface area contributed by atoms with Gasteiger partial charge in [-0.2, -0.15) is 0 Å². The molecule has 2 heterocycles. The van der Waals surface area contributed by atoms with Gasteiger partial charge in [0.2, 0.25) is 0 Å². The van der Waals surface area contributed by atoms with Gasteiger partial charge in [-0.3, -0.25) is 4.90 Å². The topological polar surface area (TPSA) is 63.4 Å². The molecule has 0 aliphatic carbocycles. The van der Waals surface area contributed by atoms with Crippen LogP contribution < -0.4 is 0 Å². The Hall–Kier alpha value is -1.47. The largest absolute Gasteiger partial charge is 0.387 e. The Morgan fingerprint density at radius 3 is 3.00 bits per heavy atom. The zero-order chi connectivity index (χ0) is 15.5. The molecule has 1 aromatic carbocycles. The van der Waals surface area contributed by atoms with E-state index in [9.17, 15) is 5.11 Å². The highest BCUT2D eigenvalue weighted by atomic mass is 35.5. The Labute approximate surface area is 134 Å². The molecule has 2 aromatic rings. The van der Waals surface area contributed by atoms with Gasteiger partial charge in [0, 0.05) is 37.3 Å². The van der Waals surface area contributed by atoms with Crippen molar-refractivity contribution in [1.82, 2.24) is 19.7 Å². The first-order chi connectivity index (χ1) is 10.6. The summed E-state index contributed by atoms with van der Waals surface area (Å²) in [6, 6.07) is 7.39. The summed E-state index contributed by atoms with van der Waals surface area (Å²) in [5.41, 5.74) is 0.755. The fraction of sp³-hybridized carbons (Fsp3) is 0.467. The van der Waals surface area contributed by atoms with Crippen LogP contribution in [0, 0.1) is 0 Å². The summed E-state index contributed by atoms with van der Waals surface area (Å²) in [4.78, 5) is 2.16. The number of ether oxygens (including phenoxy) is 1. The maximum Gasteiger partial charge on any atom is 0.163 e. The maximum atomic E-state index is 10.4. The number of aromatic nitrogens is 3. The Bertz CT molecular complexity index is 634. The summed E-state index contributed by atoms with van der Waals surface area (Å²) in [5.74, 6) is 0.803. The zero-order valence-electron chi connectivity index (χ0n) is 12.4. The smallest absolute Gasteiger partial charge is 0.163 e. The molecule has 2 atom stereocenters. The van der Waals surface area contributed by atoms with Gasteiger partial charge in [0.15, 0.2) is 5.82 Å². The van der Waals surface area contributed by atoms with Gasteiger partial charge in [-0.1, -0.05) is 29.8 Å². The molecule has 0 bridgehead atoms. The monoisotopic (exact) mass is 322 g/mol. The summed E-state index contributed by atoms with van der Waals surface area (Å²) < 4.78 is 7.63. The van der Waals surface area contributed by atoms with Gasteiger partial charge in [-0.15, -0.1) is 10.2 Å². The second-order valence-corrected chi connectivity index (χ2v) is 5.86. The molecule has 1 aliphatic heterocycles. The molecular weight excluding hydrogens is 304 g/mol. The van der Waals surface area contributed by atoms with E-state index in [-0.39, 0.29) is 6.10 Å². The molecule has 0 radical (unpaired) electrons. The molecule has 0 spiro atoms. The van der Waals surface area contributed by atoms with Crippen LogP contribution in [-0.4, -0.2) is 51.0 Å². The lowest BCUT2D eigenvalue weighted by Crippen LogP contribution is -2.41. The van der Waals surface area contributed by atoms with Gasteiger partial charge in [-0.05, 0) is 6.07 Å². The van der Waals surface area contributed by atoms with Crippen molar-refractivity contribution in [1.29, 1.82) is 0 Å². The fourth-order valence-corrected chi connectivity index (χ4v) is 2.96. The van der Waals surface area contributed by atoms with E-state index in [2.05, 4.69) is 15.1 Å². The Morgan fingerprint density at radius 2 is 2.27 bits per heavy atom. The average molecular weight is 323 g/mol. The van der Waals surface area contributed by atoms with E-state index in [4.69, 9.17) is 16.3 Å². The third kappa shape index (κ3) is 3.30. The van der Waals surface area contributed by atoms with E-state index in [1.54, 1.807) is 12.4 Å². The summed E-state index contributed by atoms with van der Waals surface area (Å²) >= 11 is 6.14. The molecule has 1 aromatic heterocycles. The Kier molecular flexibility index (Phi) is 4.73. The van der Waals surface area contributed by atoms with Crippen LogP contribution >= 0.6 is 11.6 Å². The van der Waals surface area contributed by atoms with Crippen LogP contribution in [0.5, 0.6) is 0 Å². The number of rotatable bonds is 4. The first-order valence-electron chi connectivity index (χ1n) is 7.25. The number of aliphatic hydroxyl groups is 1. The highest BCUT2D eigenvalue weighted by Gasteiger charge is 2.27. The molecule has 1 N–H and O–H groups in total. The number of hydrogen-bond acceptors (Lipinski definition) is 5. The van der Waals surface area contributed by atoms with E-state index in [1.807, 2.05) is 29.8 Å². The number of hydrogen-bond donors (Lipinski definition) is 1. The van der Waals surface area contributed by atoms with Crippen LogP contribution in [0.4, 0.5) is 0 Å². The van der Waals surface area contributed by atoms with Crippen molar-refractivity contribution in [3.63, 3.8) is 0 Å². The second kappa shape index (κ2) is 6.75. The lowest BCUT2D eigenvalue weighted by molar-refractivity contribution is -0.0473. The van der Waals surface area contributed by atoms with Crippen LogP contribution in [0.25, 0.3) is 0 Å². The minimum absolute atomic E-state index is 0.125. The van der Waals surface area contributed by atoms with Gasteiger partial charge in [0.25, 0.3) is 0 Å². The minimum Gasteiger partial charge on any atom is -0.387 e. The normalized spacial score (nSPS) is 21.0. The number of aliphatic hydroxyl groups excluding tert-OH is 1. The molecule has 0 saturated carbocycles. The fourth-order valence-electron chi connectivity index (χ4n) is 2.70. The molecular formula is C15H19ClN4O2. The predicted octanol–water partition coefficient (Wildman–Crippen LogP) is 1.58. The van der Waals surface area contributed by atoms with Gasteiger partial charge in [0.1, 0.15) is 12.4 Å². The van der Waals surface area contributed by atoms with Crippen LogP contribution in [0.3, 0.4) is 0 Å². The van der Waals surface area contributed by atoms with Crippen LogP contribution in [-0.2, 0) is 11.8 Å². The number of aryl methyl sites for hydroxylation is 1. The molecule has 118 valence electrons. The lowest BCUT2D eigenvalue weighted by Gasteiger charge is -2.33. The molecule has 0 unspecified atom stereocenters. The highest BCUT2D eigenvalue weighted by molar-refractivity contribution is 6.31. The summed E-state index contributed by atoms with van der Waals surface area (Å²) in [7, 11) is 1.90. The number of benzene rings is 1. The molecule has 7 heteroatoms. The van der Waals surface area contributed by atoms with Gasteiger partial charge in [0.05, 0.1) is 12.7 Å². The van der Waals surface area contributed by atoms with E-state index < -0.39 is 6.10 Å². The van der Waals surface area contributed by atoms with Crippen molar-refractivity contribution in [2.75, 3.05) is 26.2 Å². The quantitative estimate of drug-likeness (QED) is 0.926. The van der Waals surface area contributed by atoms with Crippen molar-refractivity contribution in [2.45, 2.75) is 12.2 Å². The van der Waals surface area contributed by atoms with E-state index in [0.717, 1.165) is 17.9 Å². The Balaban J connectivity index is 1.66. The summed E-state index contributed by atoms with van der Waals surface area (Å²) in [6.07, 6.45) is 0.919.